The molecule has 13 nitrogen and oxygen atoms in total. The van der Waals surface area contributed by atoms with Crippen molar-refractivity contribution in [1.82, 2.24) is 30.7 Å². The van der Waals surface area contributed by atoms with Crippen molar-refractivity contribution in [3.05, 3.63) is 52.0 Å². The Morgan fingerprint density at radius 2 is 1.71 bits per heavy atom. The molecule has 2 heterocycles. The minimum absolute atomic E-state index is 0.0195. The molecular formula is C42H66N6O7S. The summed E-state index contributed by atoms with van der Waals surface area (Å²) in [6.07, 6.45) is 5.63. The van der Waals surface area contributed by atoms with Crippen LogP contribution in [0.3, 0.4) is 0 Å². The summed E-state index contributed by atoms with van der Waals surface area (Å²) in [4.78, 5) is 73.0. The zero-order chi connectivity index (χ0) is 41.4. The summed E-state index contributed by atoms with van der Waals surface area (Å²) in [5.74, 6) is -2.20. The van der Waals surface area contributed by atoms with Gasteiger partial charge in [0, 0.05) is 49.8 Å². The normalized spacial score (nSPS) is 17.9. The van der Waals surface area contributed by atoms with Gasteiger partial charge >= 0.3 is 5.97 Å². The van der Waals surface area contributed by atoms with Gasteiger partial charge in [0.05, 0.1) is 6.04 Å². The number of nitrogens with one attached hydrogen (secondary N) is 3. The lowest BCUT2D eigenvalue weighted by molar-refractivity contribution is -0.141. The van der Waals surface area contributed by atoms with Gasteiger partial charge in [-0.1, -0.05) is 84.2 Å². The number of likely N-dealkylation sites (tertiary alicyclic amines) is 1. The Kier molecular flexibility index (Phi) is 19.4. The second-order valence-corrected chi connectivity index (χ2v) is 16.8. The van der Waals surface area contributed by atoms with Crippen molar-refractivity contribution in [1.29, 1.82) is 0 Å². The van der Waals surface area contributed by atoms with Gasteiger partial charge in [0.1, 0.15) is 22.8 Å². The average Bonchev–Trinajstić information content (AvgIpc) is 3.67. The van der Waals surface area contributed by atoms with Crippen molar-refractivity contribution in [2.24, 2.45) is 17.8 Å². The average molecular weight is 799 g/mol. The quantitative estimate of drug-likeness (QED) is 0.0946. The van der Waals surface area contributed by atoms with Crippen molar-refractivity contribution >= 4 is 40.9 Å². The number of benzene rings is 1. The third-order valence-electron chi connectivity index (χ3n) is 11.1. The van der Waals surface area contributed by atoms with Gasteiger partial charge < -0.3 is 31.1 Å². The first-order valence-electron chi connectivity index (χ1n) is 20.4. The van der Waals surface area contributed by atoms with E-state index in [1.165, 1.54) is 11.3 Å². The predicted molar refractivity (Wildman–Crippen MR) is 219 cm³/mol. The second-order valence-electron chi connectivity index (χ2n) is 15.9. The summed E-state index contributed by atoms with van der Waals surface area (Å²) in [5, 5.41) is 31.3. The van der Waals surface area contributed by atoms with Crippen LogP contribution < -0.4 is 16.0 Å². The number of hydrogen-bond acceptors (Lipinski definition) is 9. The van der Waals surface area contributed by atoms with Gasteiger partial charge in [-0.3, -0.25) is 28.9 Å². The van der Waals surface area contributed by atoms with Crippen LogP contribution in [0.1, 0.15) is 126 Å². The molecule has 4 amide bonds. The fourth-order valence-electron chi connectivity index (χ4n) is 7.32. The standard InChI is InChI=1S/C42H66N6O7S/c1-8-28(4)37(46-40(54)33-19-14-16-22-47(33)6)42(55)48(7)34(27(2)3)25-35(49)41-45-32(26-56-41)39(53)44-31(24-30-17-11-9-12-18-30)23-29(5)38(52)43-21-15-10-13-20-36(50)51/h9,11-12,17-18,26-29,31,33-35,37,49H,8,10,13-16,19-25H2,1-7H3,(H,43,52)(H,44,53)(H,46,54)(H,50,51)/t28-,29-,31+,33+,34+,35+,37-/m0/s1. The van der Waals surface area contributed by atoms with Gasteiger partial charge in [-0.05, 0) is 69.5 Å². The number of amides is 4. The molecule has 1 aromatic heterocycles. The molecule has 2 aromatic rings. The largest absolute Gasteiger partial charge is 0.481 e. The third kappa shape index (κ3) is 14.6. The highest BCUT2D eigenvalue weighted by atomic mass is 32.1. The molecule has 14 heteroatoms. The number of hydrogen-bond donors (Lipinski definition) is 5. The predicted octanol–water partition coefficient (Wildman–Crippen LogP) is 5.19. The van der Waals surface area contributed by atoms with E-state index in [2.05, 4.69) is 25.8 Å². The molecular weight excluding hydrogens is 733 g/mol. The molecule has 312 valence electrons. The molecule has 5 N–H and O–H groups in total. The molecule has 56 heavy (non-hydrogen) atoms. The minimum atomic E-state index is -1.04. The van der Waals surface area contributed by atoms with E-state index in [0.717, 1.165) is 31.4 Å². The summed E-state index contributed by atoms with van der Waals surface area (Å²) >= 11 is 1.18. The molecule has 1 fully saturated rings. The number of unbranched alkanes of at least 4 members (excludes halogenated alkanes) is 2. The Labute approximate surface area is 337 Å². The molecule has 1 aliphatic heterocycles. The summed E-state index contributed by atoms with van der Waals surface area (Å²) in [6, 6.07) is 8.01. The Bertz CT molecular complexity index is 1550. The second kappa shape index (κ2) is 23.4. The number of carboxylic acid groups (broad SMARTS) is 1. The Morgan fingerprint density at radius 3 is 2.36 bits per heavy atom. The molecule has 0 unspecified atom stereocenters. The lowest BCUT2D eigenvalue weighted by Gasteiger charge is -2.38. The van der Waals surface area contributed by atoms with Crippen LogP contribution in [-0.2, 0) is 25.6 Å². The van der Waals surface area contributed by atoms with Crippen LogP contribution in [-0.4, -0.2) is 106 Å². The van der Waals surface area contributed by atoms with Gasteiger partial charge in [-0.2, -0.15) is 0 Å². The smallest absolute Gasteiger partial charge is 0.303 e. The Hall–Kier alpha value is -3.88. The number of aliphatic carboxylic acids is 1. The van der Waals surface area contributed by atoms with E-state index in [4.69, 9.17) is 5.11 Å². The summed E-state index contributed by atoms with van der Waals surface area (Å²) in [7, 11) is 3.68. The third-order valence-corrected chi connectivity index (χ3v) is 12.0. The zero-order valence-electron chi connectivity index (χ0n) is 34.5. The first-order chi connectivity index (χ1) is 26.6. The van der Waals surface area contributed by atoms with Gasteiger partial charge in [-0.25, -0.2) is 4.98 Å². The van der Waals surface area contributed by atoms with Crippen LogP contribution in [0, 0.1) is 17.8 Å². The number of piperidine rings is 1. The number of thiazole rings is 1. The van der Waals surface area contributed by atoms with Crippen molar-refractivity contribution < 1.29 is 34.2 Å². The van der Waals surface area contributed by atoms with Crippen molar-refractivity contribution in [2.75, 3.05) is 27.2 Å². The first-order valence-corrected chi connectivity index (χ1v) is 21.3. The van der Waals surface area contributed by atoms with E-state index in [0.29, 0.717) is 50.1 Å². The minimum Gasteiger partial charge on any atom is -0.481 e. The molecule has 0 aliphatic carbocycles. The number of aliphatic hydroxyl groups excluding tert-OH is 1. The number of carbonyl (C=O) groups excluding carboxylic acids is 4. The maximum Gasteiger partial charge on any atom is 0.303 e. The SMILES string of the molecule is CC[C@H](C)[C@H](NC(=O)[C@H]1CCCCN1C)C(=O)N(C)[C@H](C[C@@H](O)c1nc(C(=O)N[C@@H](Cc2ccccc2)C[C@H](C)C(=O)NCCCCCC(=O)O)cs1)C(C)C. The Balaban J connectivity index is 1.66. The molecule has 0 spiro atoms. The van der Waals surface area contributed by atoms with Gasteiger partial charge in [-0.15, -0.1) is 11.3 Å². The fraction of sp³-hybridized carbons (Fsp3) is 0.667. The van der Waals surface area contributed by atoms with Crippen molar-refractivity contribution in [3.63, 3.8) is 0 Å². The summed E-state index contributed by atoms with van der Waals surface area (Å²) in [5.41, 5.74) is 1.17. The first kappa shape index (κ1) is 46.5. The molecule has 0 saturated carbocycles. The van der Waals surface area contributed by atoms with Crippen LogP contribution >= 0.6 is 11.3 Å². The molecule has 1 saturated heterocycles. The van der Waals surface area contributed by atoms with E-state index < -0.39 is 29.9 Å². The maximum atomic E-state index is 14.1. The molecule has 3 rings (SSSR count). The topological polar surface area (TPSA) is 181 Å². The van der Waals surface area contributed by atoms with Gasteiger partial charge in [0.2, 0.25) is 17.7 Å². The van der Waals surface area contributed by atoms with E-state index in [9.17, 15) is 29.1 Å². The van der Waals surface area contributed by atoms with Crippen LogP contribution in [0.15, 0.2) is 35.7 Å². The highest BCUT2D eigenvalue weighted by Crippen LogP contribution is 2.28. The maximum absolute atomic E-state index is 14.1. The monoisotopic (exact) mass is 798 g/mol. The number of aromatic nitrogens is 1. The highest BCUT2D eigenvalue weighted by Gasteiger charge is 2.36. The van der Waals surface area contributed by atoms with Crippen LogP contribution in [0.4, 0.5) is 0 Å². The summed E-state index contributed by atoms with van der Waals surface area (Å²) in [6.45, 7) is 11.1. The molecule has 1 aromatic carbocycles. The molecule has 1 aliphatic rings. The van der Waals surface area contributed by atoms with E-state index in [1.807, 2.05) is 72.0 Å². The van der Waals surface area contributed by atoms with E-state index in [1.54, 1.807) is 17.3 Å². The number of likely N-dealkylation sites (N-methyl/N-ethyl adjacent to an activating group) is 2. The summed E-state index contributed by atoms with van der Waals surface area (Å²) < 4.78 is 0. The zero-order valence-corrected chi connectivity index (χ0v) is 35.3. The number of aliphatic hydroxyl groups is 1. The van der Waals surface area contributed by atoms with Crippen LogP contribution in [0.2, 0.25) is 0 Å². The van der Waals surface area contributed by atoms with Gasteiger partial charge in [0.15, 0.2) is 0 Å². The molecule has 0 bridgehead atoms. The number of rotatable bonds is 23. The van der Waals surface area contributed by atoms with Crippen molar-refractivity contribution in [2.45, 2.75) is 136 Å². The van der Waals surface area contributed by atoms with E-state index in [-0.39, 0.29) is 66.2 Å². The van der Waals surface area contributed by atoms with Crippen LogP contribution in [0.5, 0.6) is 0 Å². The molecule has 7 atom stereocenters. The number of nitrogens with zero attached hydrogens (tertiary/aromatic N) is 3. The van der Waals surface area contributed by atoms with Crippen molar-refractivity contribution in [3.8, 4) is 0 Å². The van der Waals surface area contributed by atoms with Crippen LogP contribution in [0.25, 0.3) is 0 Å². The fourth-order valence-corrected chi connectivity index (χ4v) is 8.12. The van der Waals surface area contributed by atoms with Gasteiger partial charge in [0.25, 0.3) is 5.91 Å². The lowest BCUT2D eigenvalue weighted by atomic mass is 9.92. The highest BCUT2D eigenvalue weighted by molar-refractivity contribution is 7.09. The van der Waals surface area contributed by atoms with E-state index >= 15 is 0 Å². The Morgan fingerprint density at radius 1 is 1.00 bits per heavy atom. The molecule has 0 radical (unpaired) electrons. The number of carbonyl (C=O) groups is 5. The number of carboxylic acids is 1. The lowest BCUT2D eigenvalue weighted by Crippen LogP contribution is -2.58.